The molecule has 0 spiro atoms. The van der Waals surface area contributed by atoms with Crippen molar-refractivity contribution in [2.24, 2.45) is 5.92 Å². The summed E-state index contributed by atoms with van der Waals surface area (Å²) in [7, 11) is 1.75. The SMILES string of the molecule is CCC1NC(C(C)C)N(C2CC(OC)C2)C1=O. The van der Waals surface area contributed by atoms with Gasteiger partial charge >= 0.3 is 0 Å². The van der Waals surface area contributed by atoms with Crippen LogP contribution in [0.1, 0.15) is 40.0 Å². The van der Waals surface area contributed by atoms with E-state index in [4.69, 9.17) is 4.74 Å². The molecule has 1 amide bonds. The van der Waals surface area contributed by atoms with Crippen LogP contribution in [0.5, 0.6) is 0 Å². The third-order valence-electron chi connectivity index (χ3n) is 4.06. The van der Waals surface area contributed by atoms with Gasteiger partial charge in [-0.1, -0.05) is 20.8 Å². The van der Waals surface area contributed by atoms with E-state index in [1.807, 2.05) is 0 Å². The Morgan fingerprint density at radius 3 is 2.59 bits per heavy atom. The number of hydrogen-bond acceptors (Lipinski definition) is 3. The number of carbonyl (C=O) groups excluding carboxylic acids is 1. The third-order valence-corrected chi connectivity index (χ3v) is 4.06. The van der Waals surface area contributed by atoms with Crippen molar-refractivity contribution in [2.75, 3.05) is 7.11 Å². The molecule has 1 aliphatic carbocycles. The fourth-order valence-electron chi connectivity index (χ4n) is 2.85. The summed E-state index contributed by atoms with van der Waals surface area (Å²) in [6.45, 7) is 6.40. The molecular weight excluding hydrogens is 216 g/mol. The first-order valence-electron chi connectivity index (χ1n) is 6.69. The molecule has 1 aliphatic heterocycles. The van der Waals surface area contributed by atoms with Crippen LogP contribution >= 0.6 is 0 Å². The number of amides is 1. The highest BCUT2D eigenvalue weighted by Crippen LogP contribution is 2.33. The first-order valence-corrected chi connectivity index (χ1v) is 6.69. The second-order valence-corrected chi connectivity index (χ2v) is 5.54. The van der Waals surface area contributed by atoms with E-state index < -0.39 is 0 Å². The highest BCUT2D eigenvalue weighted by Gasteiger charge is 2.46. The third kappa shape index (κ3) is 2.20. The molecule has 0 aromatic heterocycles. The summed E-state index contributed by atoms with van der Waals surface area (Å²) in [5, 5.41) is 3.46. The van der Waals surface area contributed by atoms with Crippen molar-refractivity contribution >= 4 is 5.91 Å². The molecule has 0 bridgehead atoms. The van der Waals surface area contributed by atoms with Crippen LogP contribution in [0.4, 0.5) is 0 Å². The van der Waals surface area contributed by atoms with Crippen molar-refractivity contribution in [1.82, 2.24) is 10.2 Å². The molecule has 2 atom stereocenters. The Labute approximate surface area is 104 Å². The van der Waals surface area contributed by atoms with Crippen LogP contribution in [0.3, 0.4) is 0 Å². The number of hydrogen-bond donors (Lipinski definition) is 1. The molecule has 2 unspecified atom stereocenters. The molecule has 1 saturated heterocycles. The van der Waals surface area contributed by atoms with Gasteiger partial charge in [-0.2, -0.15) is 0 Å². The van der Waals surface area contributed by atoms with Crippen molar-refractivity contribution in [3.63, 3.8) is 0 Å². The monoisotopic (exact) mass is 240 g/mol. The van der Waals surface area contributed by atoms with Gasteiger partial charge in [0.05, 0.1) is 18.3 Å². The molecule has 4 nitrogen and oxygen atoms in total. The Morgan fingerprint density at radius 1 is 1.47 bits per heavy atom. The summed E-state index contributed by atoms with van der Waals surface area (Å²) in [6, 6.07) is 0.396. The number of methoxy groups -OCH3 is 1. The van der Waals surface area contributed by atoms with Gasteiger partial charge in [0.25, 0.3) is 0 Å². The molecule has 0 radical (unpaired) electrons. The van der Waals surface area contributed by atoms with Crippen molar-refractivity contribution in [2.45, 2.75) is 64.4 Å². The molecule has 2 fully saturated rings. The largest absolute Gasteiger partial charge is 0.381 e. The summed E-state index contributed by atoms with van der Waals surface area (Å²) in [5.74, 6) is 0.739. The van der Waals surface area contributed by atoms with Gasteiger partial charge in [0.15, 0.2) is 0 Å². The molecule has 17 heavy (non-hydrogen) atoms. The van der Waals surface area contributed by atoms with Crippen LogP contribution in [-0.2, 0) is 9.53 Å². The van der Waals surface area contributed by atoms with E-state index in [0.717, 1.165) is 19.3 Å². The highest BCUT2D eigenvalue weighted by molar-refractivity contribution is 5.84. The number of nitrogens with zero attached hydrogens (tertiary/aromatic N) is 1. The number of ether oxygens (including phenoxy) is 1. The summed E-state index contributed by atoms with van der Waals surface area (Å²) in [5.41, 5.74) is 0. The van der Waals surface area contributed by atoms with Crippen molar-refractivity contribution < 1.29 is 9.53 Å². The van der Waals surface area contributed by atoms with Gasteiger partial charge < -0.3 is 9.64 Å². The van der Waals surface area contributed by atoms with Gasteiger partial charge in [0.2, 0.25) is 5.91 Å². The zero-order chi connectivity index (χ0) is 12.6. The minimum atomic E-state index is 0.0176. The van der Waals surface area contributed by atoms with Crippen LogP contribution in [0, 0.1) is 5.92 Å². The molecular formula is C13H24N2O2. The quantitative estimate of drug-likeness (QED) is 0.806. The fraction of sp³-hybridized carbons (Fsp3) is 0.923. The second-order valence-electron chi connectivity index (χ2n) is 5.54. The Morgan fingerprint density at radius 2 is 2.12 bits per heavy atom. The van der Waals surface area contributed by atoms with Crippen molar-refractivity contribution in [1.29, 1.82) is 0 Å². The van der Waals surface area contributed by atoms with Gasteiger partial charge in [-0.25, -0.2) is 0 Å². The number of carbonyl (C=O) groups is 1. The summed E-state index contributed by atoms with van der Waals surface area (Å²) in [6.07, 6.45) is 3.41. The fourth-order valence-corrected chi connectivity index (χ4v) is 2.85. The highest BCUT2D eigenvalue weighted by atomic mass is 16.5. The van der Waals surface area contributed by atoms with Crippen LogP contribution in [0.25, 0.3) is 0 Å². The van der Waals surface area contributed by atoms with Crippen molar-refractivity contribution in [3.8, 4) is 0 Å². The summed E-state index contributed by atoms with van der Waals surface area (Å²) in [4.78, 5) is 14.4. The lowest BCUT2D eigenvalue weighted by atomic mass is 9.87. The lowest BCUT2D eigenvalue weighted by molar-refractivity contribution is -0.138. The normalized spacial score (nSPS) is 37.7. The zero-order valence-corrected chi connectivity index (χ0v) is 11.3. The molecule has 98 valence electrons. The van der Waals surface area contributed by atoms with Crippen molar-refractivity contribution in [3.05, 3.63) is 0 Å². The molecule has 2 rings (SSSR count). The average Bonchev–Trinajstić information content (AvgIpc) is 2.55. The van der Waals surface area contributed by atoms with Gasteiger partial charge in [-0.3, -0.25) is 10.1 Å². The molecule has 0 aromatic carbocycles. The van der Waals surface area contributed by atoms with Crippen LogP contribution in [0.15, 0.2) is 0 Å². The van der Waals surface area contributed by atoms with E-state index in [0.29, 0.717) is 18.1 Å². The van der Waals surface area contributed by atoms with E-state index >= 15 is 0 Å². The average molecular weight is 240 g/mol. The lowest BCUT2D eigenvalue weighted by Crippen LogP contribution is -2.54. The van der Waals surface area contributed by atoms with Crippen LogP contribution in [0.2, 0.25) is 0 Å². The molecule has 1 N–H and O–H groups in total. The van der Waals surface area contributed by atoms with E-state index in [1.54, 1.807) is 7.11 Å². The minimum Gasteiger partial charge on any atom is -0.381 e. The number of nitrogens with one attached hydrogen (secondary N) is 1. The predicted octanol–water partition coefficient (Wildman–Crippen LogP) is 1.36. The molecule has 4 heteroatoms. The zero-order valence-electron chi connectivity index (χ0n) is 11.3. The minimum absolute atomic E-state index is 0.0176. The maximum absolute atomic E-state index is 12.3. The van der Waals surface area contributed by atoms with E-state index in [9.17, 15) is 4.79 Å². The van der Waals surface area contributed by atoms with Crippen LogP contribution < -0.4 is 5.32 Å². The molecule has 1 heterocycles. The van der Waals surface area contributed by atoms with Gasteiger partial charge in [0.1, 0.15) is 0 Å². The Bertz CT molecular complexity index is 287. The first kappa shape index (κ1) is 12.8. The number of rotatable bonds is 4. The second kappa shape index (κ2) is 4.94. The maximum Gasteiger partial charge on any atom is 0.241 e. The topological polar surface area (TPSA) is 41.6 Å². The van der Waals surface area contributed by atoms with Gasteiger partial charge in [-0.15, -0.1) is 0 Å². The molecule has 1 saturated carbocycles. The Balaban J connectivity index is 2.05. The van der Waals surface area contributed by atoms with E-state index in [1.165, 1.54) is 0 Å². The van der Waals surface area contributed by atoms with Gasteiger partial charge in [-0.05, 0) is 25.2 Å². The first-order chi connectivity index (χ1) is 8.08. The summed E-state index contributed by atoms with van der Waals surface area (Å²) >= 11 is 0. The molecule has 2 aliphatic rings. The summed E-state index contributed by atoms with van der Waals surface area (Å²) < 4.78 is 5.30. The van der Waals surface area contributed by atoms with Crippen LogP contribution in [-0.4, -0.2) is 42.3 Å². The maximum atomic E-state index is 12.3. The standard InChI is InChI=1S/C13H24N2O2/c1-5-11-13(16)15(12(14-11)8(2)3)9-6-10(7-9)17-4/h8-12,14H,5-7H2,1-4H3. The molecule has 0 aromatic rings. The van der Waals surface area contributed by atoms with E-state index in [-0.39, 0.29) is 18.1 Å². The predicted molar refractivity (Wildman–Crippen MR) is 66.5 cm³/mol. The Kier molecular flexibility index (Phi) is 3.73. The Hall–Kier alpha value is -0.610. The smallest absolute Gasteiger partial charge is 0.241 e. The van der Waals surface area contributed by atoms with Gasteiger partial charge in [0, 0.05) is 13.2 Å². The lowest BCUT2D eigenvalue weighted by Gasteiger charge is -2.43. The van der Waals surface area contributed by atoms with E-state index in [2.05, 4.69) is 31.0 Å².